The molecule has 0 saturated carbocycles. The van der Waals surface area contributed by atoms with Crippen LogP contribution in [0.1, 0.15) is 22.8 Å². The number of carbonyl (C=O) groups is 2. The van der Waals surface area contributed by atoms with Crippen LogP contribution in [0.2, 0.25) is 0 Å². The summed E-state index contributed by atoms with van der Waals surface area (Å²) in [6, 6.07) is 11.9. The molecule has 0 amide bonds. The van der Waals surface area contributed by atoms with Crippen LogP contribution in [0.15, 0.2) is 48.5 Å². The van der Waals surface area contributed by atoms with Crippen molar-refractivity contribution in [3.05, 3.63) is 59.7 Å². The Hall–Kier alpha value is -3.28. The highest BCUT2D eigenvalue weighted by atomic mass is 16.5. The number of hydrogen-bond donors (Lipinski definition) is 0. The lowest BCUT2D eigenvalue weighted by Crippen LogP contribution is -2.12. The monoisotopic (exact) mass is 370 g/mol. The van der Waals surface area contributed by atoms with Crippen LogP contribution < -0.4 is 14.2 Å². The van der Waals surface area contributed by atoms with Crippen molar-refractivity contribution >= 4 is 17.8 Å². The smallest absolute Gasteiger partial charge is 0.331 e. The molecule has 0 N–H and O–H groups in total. The third kappa shape index (κ3) is 5.88. The number of benzene rings is 2. The molecule has 142 valence electrons. The molecule has 0 fully saturated rings. The molecule has 6 nitrogen and oxygen atoms in total. The summed E-state index contributed by atoms with van der Waals surface area (Å²) in [5.74, 6) is 0.985. The highest BCUT2D eigenvalue weighted by Crippen LogP contribution is 2.25. The van der Waals surface area contributed by atoms with E-state index in [-0.39, 0.29) is 12.4 Å². The van der Waals surface area contributed by atoms with Gasteiger partial charge in [-0.15, -0.1) is 0 Å². The van der Waals surface area contributed by atoms with E-state index < -0.39 is 5.97 Å². The van der Waals surface area contributed by atoms with Crippen molar-refractivity contribution in [1.29, 1.82) is 0 Å². The van der Waals surface area contributed by atoms with Gasteiger partial charge in [0, 0.05) is 17.2 Å². The number of esters is 1. The van der Waals surface area contributed by atoms with E-state index >= 15 is 0 Å². The van der Waals surface area contributed by atoms with E-state index in [1.165, 1.54) is 13.2 Å². The fourth-order valence-electron chi connectivity index (χ4n) is 2.30. The van der Waals surface area contributed by atoms with Crippen molar-refractivity contribution in [3.63, 3.8) is 0 Å². The van der Waals surface area contributed by atoms with Crippen molar-refractivity contribution in [2.24, 2.45) is 0 Å². The standard InChI is InChI=1S/C21H22O6/c1-4-26-17-8-5-15(6-9-17)19(22)14-27-21(23)12-7-16-13-18(24-2)10-11-20(16)25-3/h5-13H,4,14H2,1-3H3/b12-7+. The second-order valence-electron chi connectivity index (χ2n) is 5.43. The Bertz CT molecular complexity index is 808. The van der Waals surface area contributed by atoms with Gasteiger partial charge < -0.3 is 18.9 Å². The summed E-state index contributed by atoms with van der Waals surface area (Å²) in [5, 5.41) is 0. The van der Waals surface area contributed by atoms with E-state index in [0.717, 1.165) is 0 Å². The van der Waals surface area contributed by atoms with E-state index in [9.17, 15) is 9.59 Å². The normalized spacial score (nSPS) is 10.5. The van der Waals surface area contributed by atoms with Crippen LogP contribution in [0.25, 0.3) is 6.08 Å². The van der Waals surface area contributed by atoms with Crippen molar-refractivity contribution in [1.82, 2.24) is 0 Å². The summed E-state index contributed by atoms with van der Waals surface area (Å²) in [4.78, 5) is 24.0. The number of carbonyl (C=O) groups excluding carboxylic acids is 2. The van der Waals surface area contributed by atoms with E-state index in [1.807, 2.05) is 6.92 Å². The maximum absolute atomic E-state index is 12.1. The van der Waals surface area contributed by atoms with Crippen molar-refractivity contribution in [2.45, 2.75) is 6.92 Å². The van der Waals surface area contributed by atoms with E-state index in [4.69, 9.17) is 18.9 Å². The van der Waals surface area contributed by atoms with Gasteiger partial charge in [0.1, 0.15) is 17.2 Å². The van der Waals surface area contributed by atoms with Gasteiger partial charge >= 0.3 is 5.97 Å². The molecule has 0 saturated heterocycles. The summed E-state index contributed by atoms with van der Waals surface area (Å²) in [6.07, 6.45) is 2.79. The Morgan fingerprint density at radius 2 is 1.67 bits per heavy atom. The zero-order chi connectivity index (χ0) is 19.6. The first kappa shape index (κ1) is 20.0. The summed E-state index contributed by atoms with van der Waals surface area (Å²) in [6.45, 7) is 2.09. The molecule has 6 heteroatoms. The van der Waals surface area contributed by atoms with Crippen LogP contribution >= 0.6 is 0 Å². The van der Waals surface area contributed by atoms with Crippen molar-refractivity contribution in [2.75, 3.05) is 27.4 Å². The van der Waals surface area contributed by atoms with Gasteiger partial charge in [0.25, 0.3) is 0 Å². The van der Waals surface area contributed by atoms with Crippen LogP contribution in [-0.4, -0.2) is 39.2 Å². The first-order chi connectivity index (χ1) is 13.1. The largest absolute Gasteiger partial charge is 0.497 e. The summed E-state index contributed by atoms with van der Waals surface area (Å²) in [7, 11) is 3.09. The highest BCUT2D eigenvalue weighted by Gasteiger charge is 2.09. The molecule has 0 aliphatic rings. The Morgan fingerprint density at radius 1 is 0.963 bits per heavy atom. The first-order valence-electron chi connectivity index (χ1n) is 8.40. The lowest BCUT2D eigenvalue weighted by molar-refractivity contribution is -0.136. The minimum atomic E-state index is -0.626. The molecule has 0 aliphatic carbocycles. The molecule has 0 aliphatic heterocycles. The van der Waals surface area contributed by atoms with Crippen molar-refractivity contribution < 1.29 is 28.5 Å². The minimum absolute atomic E-state index is 0.293. The third-order valence-electron chi connectivity index (χ3n) is 3.67. The Balaban J connectivity index is 1.93. The molecule has 0 unspecified atom stereocenters. The number of methoxy groups -OCH3 is 2. The molecule has 0 aromatic heterocycles. The molecule has 0 radical (unpaired) electrons. The third-order valence-corrected chi connectivity index (χ3v) is 3.67. The van der Waals surface area contributed by atoms with Crippen LogP contribution in [0.5, 0.6) is 17.2 Å². The molecule has 27 heavy (non-hydrogen) atoms. The topological polar surface area (TPSA) is 71.1 Å². The molecular weight excluding hydrogens is 348 g/mol. The van der Waals surface area contributed by atoms with Gasteiger partial charge in [0.2, 0.25) is 0 Å². The van der Waals surface area contributed by atoms with Crippen LogP contribution in [-0.2, 0) is 9.53 Å². The second kappa shape index (κ2) is 10.0. The van der Waals surface area contributed by atoms with E-state index in [1.54, 1.807) is 55.7 Å². The van der Waals surface area contributed by atoms with Crippen LogP contribution in [0, 0.1) is 0 Å². The number of ketones is 1. The summed E-state index contributed by atoms with van der Waals surface area (Å²) < 4.78 is 20.7. The van der Waals surface area contributed by atoms with Gasteiger partial charge in [0.15, 0.2) is 12.4 Å². The molecule has 0 spiro atoms. The maximum atomic E-state index is 12.1. The molecular formula is C21H22O6. The predicted octanol–water partition coefficient (Wildman–Crippen LogP) is 3.54. The summed E-state index contributed by atoms with van der Waals surface area (Å²) >= 11 is 0. The molecule has 0 bridgehead atoms. The second-order valence-corrected chi connectivity index (χ2v) is 5.43. The van der Waals surface area contributed by atoms with E-state index in [0.29, 0.717) is 35.0 Å². The van der Waals surface area contributed by atoms with Gasteiger partial charge in [-0.25, -0.2) is 4.79 Å². The minimum Gasteiger partial charge on any atom is -0.497 e. The lowest BCUT2D eigenvalue weighted by atomic mass is 10.1. The van der Waals surface area contributed by atoms with Gasteiger partial charge in [-0.3, -0.25) is 4.79 Å². The SMILES string of the molecule is CCOc1ccc(C(=O)COC(=O)/C=C/c2cc(OC)ccc2OC)cc1. The molecule has 0 heterocycles. The fourth-order valence-corrected chi connectivity index (χ4v) is 2.30. The quantitative estimate of drug-likeness (QED) is 0.382. The Morgan fingerprint density at radius 3 is 2.30 bits per heavy atom. The predicted molar refractivity (Wildman–Crippen MR) is 101 cm³/mol. The van der Waals surface area contributed by atoms with Gasteiger partial charge in [-0.05, 0) is 55.5 Å². The van der Waals surface area contributed by atoms with Gasteiger partial charge in [-0.1, -0.05) is 0 Å². The highest BCUT2D eigenvalue weighted by molar-refractivity contribution is 5.99. The van der Waals surface area contributed by atoms with E-state index in [2.05, 4.69) is 0 Å². The molecule has 2 aromatic rings. The first-order valence-corrected chi connectivity index (χ1v) is 8.40. The molecule has 2 rings (SSSR count). The number of Topliss-reactive ketones (excluding diaryl/α,β-unsaturated/α-hetero) is 1. The Kier molecular flexibility index (Phi) is 7.43. The zero-order valence-electron chi connectivity index (χ0n) is 15.6. The fraction of sp³-hybridized carbons (Fsp3) is 0.238. The van der Waals surface area contributed by atoms with Crippen LogP contribution in [0.3, 0.4) is 0 Å². The molecule has 0 atom stereocenters. The van der Waals surface area contributed by atoms with Gasteiger partial charge in [-0.2, -0.15) is 0 Å². The van der Waals surface area contributed by atoms with Crippen molar-refractivity contribution in [3.8, 4) is 17.2 Å². The lowest BCUT2D eigenvalue weighted by Gasteiger charge is -2.07. The average Bonchev–Trinajstić information content (AvgIpc) is 2.71. The number of rotatable bonds is 9. The van der Waals surface area contributed by atoms with Gasteiger partial charge in [0.05, 0.1) is 20.8 Å². The maximum Gasteiger partial charge on any atom is 0.331 e. The summed E-state index contributed by atoms with van der Waals surface area (Å²) in [5.41, 5.74) is 1.11. The Labute approximate surface area is 158 Å². The average molecular weight is 370 g/mol. The zero-order valence-corrected chi connectivity index (χ0v) is 15.6. The number of ether oxygens (including phenoxy) is 4. The number of hydrogen-bond acceptors (Lipinski definition) is 6. The molecule has 2 aromatic carbocycles. The van der Waals surface area contributed by atoms with Crippen LogP contribution in [0.4, 0.5) is 0 Å².